The smallest absolute Gasteiger partial charge is 0.261 e. The van der Waals surface area contributed by atoms with E-state index in [-0.39, 0.29) is 31.0 Å². The van der Waals surface area contributed by atoms with Crippen LogP contribution in [0.15, 0.2) is 46.9 Å². The Morgan fingerprint density at radius 1 is 1.13 bits per heavy atom. The second kappa shape index (κ2) is 11.2. The van der Waals surface area contributed by atoms with Crippen molar-refractivity contribution >= 4 is 50.9 Å². The summed E-state index contributed by atoms with van der Waals surface area (Å²) in [6.07, 6.45) is 4.19. The highest BCUT2D eigenvalue weighted by molar-refractivity contribution is 9.10. The summed E-state index contributed by atoms with van der Waals surface area (Å²) in [5, 5.41) is 3.92. The summed E-state index contributed by atoms with van der Waals surface area (Å²) in [4.78, 5) is 27.5. The summed E-state index contributed by atoms with van der Waals surface area (Å²) in [7, 11) is 0. The molecule has 0 radical (unpaired) electrons. The first kappa shape index (κ1) is 23.9. The Balaban J connectivity index is 1.72. The molecule has 0 spiro atoms. The van der Waals surface area contributed by atoms with Crippen molar-refractivity contribution in [2.45, 2.75) is 51.2 Å². The van der Waals surface area contributed by atoms with Gasteiger partial charge in [0.1, 0.15) is 11.8 Å². The lowest BCUT2D eigenvalue weighted by Crippen LogP contribution is -2.50. The second-order valence-corrected chi connectivity index (χ2v) is 9.41. The van der Waals surface area contributed by atoms with Crippen molar-refractivity contribution in [3.05, 3.63) is 62.5 Å². The first-order chi connectivity index (χ1) is 14.8. The molecule has 2 aromatic rings. The first-order valence-corrected chi connectivity index (χ1v) is 11.8. The molecule has 1 saturated carbocycles. The zero-order valence-corrected chi connectivity index (χ0v) is 20.3. The van der Waals surface area contributed by atoms with E-state index < -0.39 is 6.04 Å². The molecule has 1 N–H and O–H groups in total. The van der Waals surface area contributed by atoms with Crippen LogP contribution in [0.25, 0.3) is 0 Å². The van der Waals surface area contributed by atoms with Gasteiger partial charge in [0.2, 0.25) is 5.91 Å². The topological polar surface area (TPSA) is 58.6 Å². The molecule has 8 heteroatoms. The molecule has 0 aromatic heterocycles. The van der Waals surface area contributed by atoms with Crippen LogP contribution in [0.3, 0.4) is 0 Å². The molecule has 1 aliphatic rings. The molecule has 0 aliphatic heterocycles. The van der Waals surface area contributed by atoms with Crippen molar-refractivity contribution in [3.63, 3.8) is 0 Å². The Morgan fingerprint density at radius 3 is 2.45 bits per heavy atom. The van der Waals surface area contributed by atoms with Crippen LogP contribution in [-0.2, 0) is 16.1 Å². The molecule has 3 rings (SSSR count). The van der Waals surface area contributed by atoms with Gasteiger partial charge in [-0.25, -0.2) is 0 Å². The van der Waals surface area contributed by atoms with Crippen molar-refractivity contribution in [1.82, 2.24) is 10.2 Å². The number of hydrogen-bond donors (Lipinski definition) is 1. The molecule has 5 nitrogen and oxygen atoms in total. The lowest BCUT2D eigenvalue weighted by molar-refractivity contribution is -0.142. The molecule has 0 saturated heterocycles. The fourth-order valence-corrected chi connectivity index (χ4v) is 4.15. The number of carbonyl (C=O) groups excluding carboxylic acids is 2. The summed E-state index contributed by atoms with van der Waals surface area (Å²) in [6.45, 7) is 1.78. The Morgan fingerprint density at radius 2 is 1.81 bits per heavy atom. The average Bonchev–Trinajstić information content (AvgIpc) is 3.26. The maximum atomic E-state index is 13.1. The van der Waals surface area contributed by atoms with E-state index in [4.69, 9.17) is 27.9 Å². The highest BCUT2D eigenvalue weighted by atomic mass is 79.9. The predicted molar refractivity (Wildman–Crippen MR) is 127 cm³/mol. The van der Waals surface area contributed by atoms with Crippen LogP contribution >= 0.6 is 39.1 Å². The fraction of sp³-hybridized carbons (Fsp3) is 0.391. The van der Waals surface area contributed by atoms with E-state index in [0.717, 1.165) is 35.7 Å². The summed E-state index contributed by atoms with van der Waals surface area (Å²) in [6, 6.07) is 11.9. The first-order valence-electron chi connectivity index (χ1n) is 10.3. The molecular formula is C23H25BrCl2N2O3. The number of nitrogens with one attached hydrogen (secondary N) is 1. The van der Waals surface area contributed by atoms with E-state index in [1.165, 1.54) is 4.90 Å². The van der Waals surface area contributed by atoms with Crippen molar-refractivity contribution < 1.29 is 14.3 Å². The Labute approximate surface area is 201 Å². The van der Waals surface area contributed by atoms with E-state index in [0.29, 0.717) is 15.8 Å². The van der Waals surface area contributed by atoms with E-state index in [2.05, 4.69) is 21.2 Å². The third kappa shape index (κ3) is 6.86. The third-order valence-corrected chi connectivity index (χ3v) is 6.65. The molecular weight excluding hydrogens is 503 g/mol. The minimum Gasteiger partial charge on any atom is -0.484 e. The van der Waals surface area contributed by atoms with E-state index >= 15 is 0 Å². The normalized spacial score (nSPS) is 14.8. The number of rotatable bonds is 8. The van der Waals surface area contributed by atoms with Crippen LogP contribution in [0.1, 0.15) is 38.2 Å². The van der Waals surface area contributed by atoms with Gasteiger partial charge in [0, 0.05) is 17.1 Å². The highest BCUT2D eigenvalue weighted by Gasteiger charge is 2.28. The lowest BCUT2D eigenvalue weighted by Gasteiger charge is -2.29. The summed E-state index contributed by atoms with van der Waals surface area (Å²) >= 11 is 15.5. The molecule has 1 aliphatic carbocycles. The molecule has 0 bridgehead atoms. The number of nitrogens with zero attached hydrogens (tertiary/aromatic N) is 1. The molecule has 31 heavy (non-hydrogen) atoms. The Hall–Kier alpha value is -1.76. The van der Waals surface area contributed by atoms with Crippen LogP contribution in [0, 0.1) is 0 Å². The monoisotopic (exact) mass is 526 g/mol. The highest BCUT2D eigenvalue weighted by Crippen LogP contribution is 2.24. The number of carbonyl (C=O) groups is 2. The number of benzene rings is 2. The lowest BCUT2D eigenvalue weighted by atomic mass is 10.1. The van der Waals surface area contributed by atoms with Crippen LogP contribution in [0.4, 0.5) is 0 Å². The van der Waals surface area contributed by atoms with Gasteiger partial charge in [0.15, 0.2) is 6.61 Å². The summed E-state index contributed by atoms with van der Waals surface area (Å²) in [5.74, 6) is 0.126. The van der Waals surface area contributed by atoms with E-state index in [1.807, 2.05) is 12.1 Å². The van der Waals surface area contributed by atoms with Crippen LogP contribution < -0.4 is 10.1 Å². The SMILES string of the molecule is C[C@@H](C(=O)NC1CCCC1)N(Cc1ccc(Cl)c(Cl)c1)C(=O)COc1ccc(Br)cc1. The predicted octanol–water partition coefficient (Wildman–Crippen LogP) is 5.61. The largest absolute Gasteiger partial charge is 0.484 e. The second-order valence-electron chi connectivity index (χ2n) is 7.68. The van der Waals surface area contributed by atoms with Gasteiger partial charge in [-0.05, 0) is 61.7 Å². The maximum absolute atomic E-state index is 13.1. The van der Waals surface area contributed by atoms with Crippen molar-refractivity contribution in [2.75, 3.05) is 6.61 Å². The van der Waals surface area contributed by atoms with Crippen LogP contribution in [0.2, 0.25) is 10.0 Å². The van der Waals surface area contributed by atoms with Gasteiger partial charge in [-0.1, -0.05) is 58.0 Å². The number of amides is 2. The van der Waals surface area contributed by atoms with Gasteiger partial charge < -0.3 is 15.0 Å². The van der Waals surface area contributed by atoms with Gasteiger partial charge in [0.05, 0.1) is 10.0 Å². The van der Waals surface area contributed by atoms with Crippen molar-refractivity contribution in [2.24, 2.45) is 0 Å². The third-order valence-electron chi connectivity index (χ3n) is 5.38. The van der Waals surface area contributed by atoms with Gasteiger partial charge in [-0.2, -0.15) is 0 Å². The minimum absolute atomic E-state index is 0.163. The zero-order chi connectivity index (χ0) is 22.4. The Kier molecular flexibility index (Phi) is 8.64. The Bertz CT molecular complexity index is 918. The maximum Gasteiger partial charge on any atom is 0.261 e. The molecule has 0 unspecified atom stereocenters. The zero-order valence-electron chi connectivity index (χ0n) is 17.2. The standard InChI is InChI=1S/C23H25BrCl2N2O3/c1-15(23(30)27-18-4-2-3-5-18)28(13-16-6-11-20(25)21(26)12-16)22(29)14-31-19-9-7-17(24)8-10-19/h6-12,15,18H,2-5,13-14H2,1H3,(H,27,30)/t15-/m0/s1. The fourth-order valence-electron chi connectivity index (χ4n) is 3.57. The van der Waals surface area contributed by atoms with Crippen LogP contribution in [-0.4, -0.2) is 35.4 Å². The summed E-state index contributed by atoms with van der Waals surface area (Å²) in [5.41, 5.74) is 0.784. The van der Waals surface area contributed by atoms with Crippen molar-refractivity contribution in [3.8, 4) is 5.75 Å². The average molecular weight is 528 g/mol. The van der Waals surface area contributed by atoms with Crippen LogP contribution in [0.5, 0.6) is 5.75 Å². The molecule has 2 aromatic carbocycles. The molecule has 166 valence electrons. The number of ether oxygens (including phenoxy) is 1. The number of halogens is 3. The summed E-state index contributed by atoms with van der Waals surface area (Å²) < 4.78 is 6.58. The molecule has 1 atom stereocenters. The quantitative estimate of drug-likeness (QED) is 0.485. The molecule has 1 fully saturated rings. The van der Waals surface area contributed by atoms with E-state index in [1.54, 1.807) is 37.3 Å². The van der Waals surface area contributed by atoms with E-state index in [9.17, 15) is 9.59 Å². The molecule has 0 heterocycles. The van der Waals surface area contributed by atoms with Crippen molar-refractivity contribution in [1.29, 1.82) is 0 Å². The minimum atomic E-state index is -0.656. The van der Waals surface area contributed by atoms with Gasteiger partial charge in [0.25, 0.3) is 5.91 Å². The van der Waals surface area contributed by atoms with Gasteiger partial charge >= 0.3 is 0 Å². The van der Waals surface area contributed by atoms with Gasteiger partial charge in [-0.3, -0.25) is 9.59 Å². The molecule has 2 amide bonds. The van der Waals surface area contributed by atoms with Gasteiger partial charge in [-0.15, -0.1) is 0 Å². The number of hydrogen-bond acceptors (Lipinski definition) is 3.